The summed E-state index contributed by atoms with van der Waals surface area (Å²) < 4.78 is 11.0. The first-order valence-corrected chi connectivity index (χ1v) is 8.64. The van der Waals surface area contributed by atoms with E-state index in [9.17, 15) is 0 Å². The van der Waals surface area contributed by atoms with Gasteiger partial charge in [0, 0.05) is 44.5 Å². The molecule has 1 aliphatic heterocycles. The van der Waals surface area contributed by atoms with Crippen molar-refractivity contribution in [1.29, 1.82) is 0 Å². The Morgan fingerprint density at radius 2 is 1.62 bits per heavy atom. The van der Waals surface area contributed by atoms with Crippen LogP contribution >= 0.6 is 0 Å². The highest BCUT2D eigenvalue weighted by Gasteiger charge is 2.16. The summed E-state index contributed by atoms with van der Waals surface area (Å²) in [7, 11) is 1.67. The monoisotopic (exact) mass is 326 g/mol. The summed E-state index contributed by atoms with van der Waals surface area (Å²) in [5, 5.41) is 0. The molecule has 0 radical (unpaired) electrons. The average molecular weight is 326 g/mol. The zero-order valence-electron chi connectivity index (χ0n) is 14.4. The molecule has 0 aliphatic carbocycles. The summed E-state index contributed by atoms with van der Waals surface area (Å²) in [6.07, 6.45) is 1.04. The lowest BCUT2D eigenvalue weighted by Gasteiger charge is -2.36. The minimum Gasteiger partial charge on any atom is -0.497 e. The maximum Gasteiger partial charge on any atom is 0.122 e. The van der Waals surface area contributed by atoms with Crippen LogP contribution in [0.3, 0.4) is 0 Å². The highest BCUT2D eigenvalue weighted by atomic mass is 16.5. The maximum absolute atomic E-state index is 5.81. The smallest absolute Gasteiger partial charge is 0.122 e. The summed E-state index contributed by atoms with van der Waals surface area (Å²) in [6, 6.07) is 18.5. The van der Waals surface area contributed by atoms with Crippen molar-refractivity contribution in [2.45, 2.75) is 6.42 Å². The third-order valence-corrected chi connectivity index (χ3v) is 4.42. The molecular weight excluding hydrogens is 300 g/mol. The fourth-order valence-corrected chi connectivity index (χ4v) is 3.04. The second-order valence-corrected chi connectivity index (χ2v) is 6.05. The predicted molar refractivity (Wildman–Crippen MR) is 98.2 cm³/mol. The van der Waals surface area contributed by atoms with Crippen LogP contribution in [0.4, 0.5) is 5.69 Å². The van der Waals surface area contributed by atoms with Crippen molar-refractivity contribution in [3.8, 4) is 11.5 Å². The van der Waals surface area contributed by atoms with Gasteiger partial charge >= 0.3 is 0 Å². The number of piperazine rings is 1. The number of rotatable bonds is 7. The molecule has 4 nitrogen and oxygen atoms in total. The van der Waals surface area contributed by atoms with Gasteiger partial charge in [-0.15, -0.1) is 0 Å². The number of hydrogen-bond donors (Lipinski definition) is 0. The first-order chi connectivity index (χ1) is 11.8. The number of hydrogen-bond acceptors (Lipinski definition) is 4. The first kappa shape index (κ1) is 16.7. The average Bonchev–Trinajstić information content (AvgIpc) is 2.67. The van der Waals surface area contributed by atoms with Crippen LogP contribution in [0.2, 0.25) is 0 Å². The Morgan fingerprint density at radius 3 is 2.38 bits per heavy atom. The number of methoxy groups -OCH3 is 1. The maximum atomic E-state index is 5.81. The Hall–Kier alpha value is -2.20. The standard InChI is InChI=1S/C20H26N2O2/c1-23-19-9-5-10-20(17-19)24-16-6-11-21-12-14-22(15-13-21)18-7-3-2-4-8-18/h2-5,7-10,17H,6,11-16H2,1H3. The van der Waals surface area contributed by atoms with Crippen molar-refractivity contribution in [3.05, 3.63) is 54.6 Å². The van der Waals surface area contributed by atoms with Crippen molar-refractivity contribution in [1.82, 2.24) is 4.90 Å². The molecule has 1 aliphatic rings. The number of nitrogens with zero attached hydrogens (tertiary/aromatic N) is 2. The van der Waals surface area contributed by atoms with Crippen LogP contribution in [0.1, 0.15) is 6.42 Å². The fourth-order valence-electron chi connectivity index (χ4n) is 3.04. The van der Waals surface area contributed by atoms with Gasteiger partial charge in [0.05, 0.1) is 13.7 Å². The van der Waals surface area contributed by atoms with E-state index in [0.29, 0.717) is 0 Å². The molecule has 0 bridgehead atoms. The van der Waals surface area contributed by atoms with Crippen molar-refractivity contribution in [2.75, 3.05) is 51.3 Å². The Morgan fingerprint density at radius 1 is 0.875 bits per heavy atom. The van der Waals surface area contributed by atoms with E-state index in [-0.39, 0.29) is 0 Å². The fraction of sp³-hybridized carbons (Fsp3) is 0.400. The molecule has 2 aromatic carbocycles. The molecule has 4 heteroatoms. The second-order valence-electron chi connectivity index (χ2n) is 6.05. The molecule has 2 aromatic rings. The molecule has 0 aromatic heterocycles. The number of ether oxygens (including phenoxy) is 2. The van der Waals surface area contributed by atoms with Gasteiger partial charge in [-0.3, -0.25) is 4.90 Å². The molecule has 1 fully saturated rings. The largest absolute Gasteiger partial charge is 0.497 e. The highest BCUT2D eigenvalue weighted by molar-refractivity contribution is 5.46. The van der Waals surface area contributed by atoms with Gasteiger partial charge < -0.3 is 14.4 Å². The molecule has 0 N–H and O–H groups in total. The van der Waals surface area contributed by atoms with E-state index in [1.54, 1.807) is 7.11 Å². The van der Waals surface area contributed by atoms with Gasteiger partial charge in [0.15, 0.2) is 0 Å². The topological polar surface area (TPSA) is 24.9 Å². The van der Waals surface area contributed by atoms with Gasteiger partial charge in [-0.2, -0.15) is 0 Å². The number of para-hydroxylation sites is 1. The van der Waals surface area contributed by atoms with E-state index >= 15 is 0 Å². The Kier molecular flexibility index (Phi) is 5.96. The van der Waals surface area contributed by atoms with Crippen molar-refractivity contribution in [2.24, 2.45) is 0 Å². The summed E-state index contributed by atoms with van der Waals surface area (Å²) >= 11 is 0. The number of benzene rings is 2. The van der Waals surface area contributed by atoms with Crippen LogP contribution in [0.15, 0.2) is 54.6 Å². The van der Waals surface area contributed by atoms with Gasteiger partial charge in [-0.05, 0) is 30.7 Å². The molecular formula is C20H26N2O2. The summed E-state index contributed by atoms with van der Waals surface area (Å²) in [5.41, 5.74) is 1.33. The third-order valence-electron chi connectivity index (χ3n) is 4.42. The van der Waals surface area contributed by atoms with Crippen molar-refractivity contribution in [3.63, 3.8) is 0 Å². The Bertz CT molecular complexity index is 610. The molecule has 3 rings (SSSR count). The SMILES string of the molecule is COc1cccc(OCCCN2CCN(c3ccccc3)CC2)c1. The van der Waals surface area contributed by atoms with Gasteiger partial charge in [-0.25, -0.2) is 0 Å². The second kappa shape index (κ2) is 8.60. The van der Waals surface area contributed by atoms with E-state index in [4.69, 9.17) is 9.47 Å². The molecule has 1 saturated heterocycles. The molecule has 128 valence electrons. The van der Waals surface area contributed by atoms with E-state index in [1.165, 1.54) is 5.69 Å². The lowest BCUT2D eigenvalue weighted by atomic mass is 10.2. The number of anilines is 1. The van der Waals surface area contributed by atoms with Crippen LogP contribution in [0.5, 0.6) is 11.5 Å². The highest BCUT2D eigenvalue weighted by Crippen LogP contribution is 2.19. The molecule has 0 saturated carbocycles. The normalized spacial score (nSPS) is 15.3. The molecule has 0 amide bonds. The molecule has 24 heavy (non-hydrogen) atoms. The van der Waals surface area contributed by atoms with Gasteiger partial charge in [0.25, 0.3) is 0 Å². The lowest BCUT2D eigenvalue weighted by molar-refractivity contribution is 0.224. The van der Waals surface area contributed by atoms with Crippen LogP contribution in [-0.4, -0.2) is 51.3 Å². The molecule has 0 unspecified atom stereocenters. The first-order valence-electron chi connectivity index (χ1n) is 8.64. The van der Waals surface area contributed by atoms with E-state index < -0.39 is 0 Å². The Balaban J connectivity index is 1.35. The Labute approximate surface area is 144 Å². The minimum absolute atomic E-state index is 0.742. The molecule has 0 spiro atoms. The van der Waals surface area contributed by atoms with Crippen LogP contribution < -0.4 is 14.4 Å². The van der Waals surface area contributed by atoms with Crippen molar-refractivity contribution < 1.29 is 9.47 Å². The molecule has 0 atom stereocenters. The quantitative estimate of drug-likeness (QED) is 0.729. The van der Waals surface area contributed by atoms with Crippen LogP contribution in [0.25, 0.3) is 0 Å². The summed E-state index contributed by atoms with van der Waals surface area (Å²) in [6.45, 7) is 6.27. The lowest BCUT2D eigenvalue weighted by Crippen LogP contribution is -2.46. The van der Waals surface area contributed by atoms with Crippen LogP contribution in [0, 0.1) is 0 Å². The van der Waals surface area contributed by atoms with E-state index in [1.807, 2.05) is 24.3 Å². The van der Waals surface area contributed by atoms with Gasteiger partial charge in [0.1, 0.15) is 11.5 Å². The van der Waals surface area contributed by atoms with Gasteiger partial charge in [0.2, 0.25) is 0 Å². The van der Waals surface area contributed by atoms with E-state index in [2.05, 4.69) is 40.1 Å². The van der Waals surface area contributed by atoms with Crippen LogP contribution in [-0.2, 0) is 0 Å². The summed E-state index contributed by atoms with van der Waals surface area (Å²) in [5.74, 6) is 1.72. The third kappa shape index (κ3) is 4.65. The minimum atomic E-state index is 0.742. The summed E-state index contributed by atoms with van der Waals surface area (Å²) in [4.78, 5) is 4.98. The predicted octanol–water partition coefficient (Wildman–Crippen LogP) is 3.29. The zero-order chi connectivity index (χ0) is 16.6. The van der Waals surface area contributed by atoms with E-state index in [0.717, 1.165) is 57.3 Å². The van der Waals surface area contributed by atoms with Crippen molar-refractivity contribution >= 4 is 5.69 Å². The molecule has 1 heterocycles. The van der Waals surface area contributed by atoms with Gasteiger partial charge in [-0.1, -0.05) is 24.3 Å². The zero-order valence-corrected chi connectivity index (χ0v) is 14.4.